The van der Waals surface area contributed by atoms with Crippen LogP contribution in [0.4, 0.5) is 0 Å². The highest BCUT2D eigenvalue weighted by molar-refractivity contribution is 6.46. The molecule has 1 aliphatic heterocycles. The van der Waals surface area contributed by atoms with Gasteiger partial charge in [0.25, 0.3) is 0 Å². The molecule has 2 aliphatic rings. The lowest BCUT2D eigenvalue weighted by atomic mass is 9.71. The fourth-order valence-corrected chi connectivity index (χ4v) is 5.64. The van der Waals surface area contributed by atoms with Crippen LogP contribution in [0, 0.1) is 17.8 Å². The van der Waals surface area contributed by atoms with Crippen molar-refractivity contribution in [3.05, 3.63) is 0 Å². The molecule has 0 aromatic carbocycles. The highest BCUT2D eigenvalue weighted by atomic mass is 28.3. The van der Waals surface area contributed by atoms with Crippen molar-refractivity contribution in [3.8, 4) is 0 Å². The molecule has 4 heteroatoms. The maximum Gasteiger partial charge on any atom is 0.338 e. The molecule has 2 fully saturated rings. The van der Waals surface area contributed by atoms with E-state index in [4.69, 9.17) is 8.85 Å². The number of fused-ring (bicyclic) bond motifs is 1. The van der Waals surface area contributed by atoms with Crippen molar-refractivity contribution >= 4 is 9.28 Å². The van der Waals surface area contributed by atoms with Crippen LogP contribution in [-0.2, 0) is 8.85 Å². The summed E-state index contributed by atoms with van der Waals surface area (Å²) in [5, 5.41) is 3.68. The van der Waals surface area contributed by atoms with E-state index in [1.165, 1.54) is 25.7 Å². The lowest BCUT2D eigenvalue weighted by Crippen LogP contribution is -2.59. The maximum atomic E-state index is 5.58. The van der Waals surface area contributed by atoms with E-state index in [1.807, 2.05) is 0 Å². The van der Waals surface area contributed by atoms with Crippen LogP contribution < -0.4 is 5.32 Å². The van der Waals surface area contributed by atoms with Crippen molar-refractivity contribution in [1.29, 1.82) is 0 Å². The Kier molecular flexibility index (Phi) is 4.41. The topological polar surface area (TPSA) is 30.5 Å². The van der Waals surface area contributed by atoms with Crippen molar-refractivity contribution < 1.29 is 8.85 Å². The second-order valence-electron chi connectivity index (χ2n) is 5.36. The fourth-order valence-electron chi connectivity index (χ4n) is 3.65. The lowest BCUT2D eigenvalue weighted by molar-refractivity contribution is 0.0936. The number of rotatable bonds is 3. The third-order valence-corrected chi connectivity index (χ3v) is 6.75. The summed E-state index contributed by atoms with van der Waals surface area (Å²) >= 11 is 0. The fraction of sp³-hybridized carbons (Fsp3) is 1.00. The molecule has 3 nitrogen and oxygen atoms in total. The van der Waals surface area contributed by atoms with Crippen LogP contribution in [0.15, 0.2) is 0 Å². The molecule has 4 unspecified atom stereocenters. The van der Waals surface area contributed by atoms with Gasteiger partial charge in [-0.2, -0.15) is 0 Å². The lowest BCUT2D eigenvalue weighted by Gasteiger charge is -2.46. The van der Waals surface area contributed by atoms with E-state index in [0.717, 1.165) is 24.3 Å². The van der Waals surface area contributed by atoms with Crippen LogP contribution >= 0.6 is 0 Å². The highest BCUT2D eigenvalue weighted by Gasteiger charge is 2.43. The Hall–Kier alpha value is 0.0969. The molecule has 94 valence electrons. The Morgan fingerprint density at radius 2 is 1.69 bits per heavy atom. The largest absolute Gasteiger partial charge is 0.399 e. The van der Waals surface area contributed by atoms with E-state index in [2.05, 4.69) is 12.2 Å². The summed E-state index contributed by atoms with van der Waals surface area (Å²) in [7, 11) is 2.10. The van der Waals surface area contributed by atoms with Crippen molar-refractivity contribution in [1.82, 2.24) is 5.32 Å². The van der Waals surface area contributed by atoms with Gasteiger partial charge in [-0.15, -0.1) is 0 Å². The Morgan fingerprint density at radius 1 is 1.06 bits per heavy atom. The van der Waals surface area contributed by atoms with Crippen LogP contribution in [0.3, 0.4) is 0 Å². The Balaban J connectivity index is 2.07. The minimum Gasteiger partial charge on any atom is -0.399 e. The van der Waals surface area contributed by atoms with Crippen LogP contribution in [0.1, 0.15) is 32.6 Å². The molecule has 1 N–H and O–H groups in total. The summed E-state index contributed by atoms with van der Waals surface area (Å²) < 4.78 is 11.2. The molecule has 4 atom stereocenters. The molecule has 16 heavy (non-hydrogen) atoms. The number of piperidine rings is 1. The van der Waals surface area contributed by atoms with Gasteiger partial charge in [-0.05, 0) is 37.1 Å². The van der Waals surface area contributed by atoms with Gasteiger partial charge in [-0.25, -0.2) is 0 Å². The molecule has 2 rings (SSSR count). The normalized spacial score (nSPS) is 39.8. The standard InChI is InChI=1S/C12H25NO2Si/c1-9-8-13-12(16(14-2)15-3)11-7-5-4-6-10(9)11/h9-13,16H,4-8H2,1-3H3. The van der Waals surface area contributed by atoms with Gasteiger partial charge < -0.3 is 14.2 Å². The van der Waals surface area contributed by atoms with Gasteiger partial charge in [0.2, 0.25) is 0 Å². The average Bonchev–Trinajstić information content (AvgIpc) is 2.34. The van der Waals surface area contributed by atoms with Gasteiger partial charge in [0, 0.05) is 14.2 Å². The number of nitrogens with one attached hydrogen (secondary N) is 1. The van der Waals surface area contributed by atoms with E-state index in [1.54, 1.807) is 14.2 Å². The zero-order valence-electron chi connectivity index (χ0n) is 10.7. The maximum absolute atomic E-state index is 5.58. The minimum absolute atomic E-state index is 0.525. The summed E-state index contributed by atoms with van der Waals surface area (Å²) in [6, 6.07) is 0. The molecule has 0 aromatic rings. The molecule has 0 bridgehead atoms. The SMILES string of the molecule is CO[SiH](OC)C1NCC(C)C2CCCCC21. The second-order valence-corrected chi connectivity index (χ2v) is 7.76. The quantitative estimate of drug-likeness (QED) is 0.761. The van der Waals surface area contributed by atoms with Gasteiger partial charge in [0.1, 0.15) is 0 Å². The molecule has 1 aliphatic carbocycles. The molecule has 0 amide bonds. The molecule has 0 spiro atoms. The molecule has 0 aromatic heterocycles. The predicted octanol–water partition coefficient (Wildman–Crippen LogP) is 1.45. The van der Waals surface area contributed by atoms with E-state index in [0.29, 0.717) is 5.67 Å². The number of hydrogen-bond donors (Lipinski definition) is 1. The molecule has 1 saturated carbocycles. The first kappa shape index (κ1) is 12.6. The zero-order valence-corrected chi connectivity index (χ0v) is 11.9. The van der Waals surface area contributed by atoms with E-state index in [9.17, 15) is 0 Å². The summed E-state index contributed by atoms with van der Waals surface area (Å²) in [6.07, 6.45) is 5.59. The van der Waals surface area contributed by atoms with Crippen LogP contribution in [0.5, 0.6) is 0 Å². The van der Waals surface area contributed by atoms with Crippen LogP contribution in [0.25, 0.3) is 0 Å². The van der Waals surface area contributed by atoms with Gasteiger partial charge >= 0.3 is 9.28 Å². The minimum atomic E-state index is -1.51. The third kappa shape index (κ3) is 2.35. The summed E-state index contributed by atoms with van der Waals surface area (Å²) in [5.41, 5.74) is 0.525. The summed E-state index contributed by atoms with van der Waals surface area (Å²) in [5.74, 6) is 2.53. The molecular weight excluding hydrogens is 218 g/mol. The third-order valence-electron chi connectivity index (χ3n) is 4.50. The van der Waals surface area contributed by atoms with E-state index >= 15 is 0 Å². The van der Waals surface area contributed by atoms with Crippen LogP contribution in [0.2, 0.25) is 0 Å². The van der Waals surface area contributed by atoms with Crippen LogP contribution in [-0.4, -0.2) is 35.7 Å². The second kappa shape index (κ2) is 5.62. The van der Waals surface area contributed by atoms with Crippen molar-refractivity contribution in [2.75, 3.05) is 20.8 Å². The van der Waals surface area contributed by atoms with Gasteiger partial charge in [0.15, 0.2) is 0 Å². The summed E-state index contributed by atoms with van der Waals surface area (Å²) in [6.45, 7) is 3.53. The Bertz CT molecular complexity index is 223. The first-order valence-corrected chi connectivity index (χ1v) is 8.18. The zero-order chi connectivity index (χ0) is 11.5. The summed E-state index contributed by atoms with van der Waals surface area (Å²) in [4.78, 5) is 0. The van der Waals surface area contributed by atoms with Crippen molar-refractivity contribution in [3.63, 3.8) is 0 Å². The van der Waals surface area contributed by atoms with Crippen molar-refractivity contribution in [2.24, 2.45) is 17.8 Å². The Morgan fingerprint density at radius 3 is 2.31 bits per heavy atom. The van der Waals surface area contributed by atoms with Gasteiger partial charge in [-0.3, -0.25) is 0 Å². The molecular formula is C12H25NO2Si. The first-order chi connectivity index (χ1) is 7.77. The number of hydrogen-bond acceptors (Lipinski definition) is 3. The average molecular weight is 243 g/mol. The molecule has 0 radical (unpaired) electrons. The van der Waals surface area contributed by atoms with E-state index < -0.39 is 9.28 Å². The van der Waals surface area contributed by atoms with Gasteiger partial charge in [-0.1, -0.05) is 19.8 Å². The monoisotopic (exact) mass is 243 g/mol. The van der Waals surface area contributed by atoms with Gasteiger partial charge in [0.05, 0.1) is 5.67 Å². The molecule has 1 heterocycles. The Labute approximate surface area is 101 Å². The highest BCUT2D eigenvalue weighted by Crippen LogP contribution is 2.40. The predicted molar refractivity (Wildman–Crippen MR) is 67.6 cm³/mol. The van der Waals surface area contributed by atoms with Crippen molar-refractivity contribution in [2.45, 2.75) is 38.3 Å². The van der Waals surface area contributed by atoms with E-state index in [-0.39, 0.29) is 0 Å². The first-order valence-electron chi connectivity index (χ1n) is 6.57. The molecule has 1 saturated heterocycles. The smallest absolute Gasteiger partial charge is 0.338 e.